The Morgan fingerprint density at radius 2 is 1.56 bits per heavy atom. The fourth-order valence-corrected chi connectivity index (χ4v) is 4.96. The Morgan fingerprint density at radius 3 is 2.18 bits per heavy atom. The zero-order chi connectivity index (χ0) is 24.7. The van der Waals surface area contributed by atoms with E-state index in [-0.39, 0.29) is 17.1 Å². The van der Waals surface area contributed by atoms with Crippen LogP contribution in [0.25, 0.3) is 11.8 Å². The molecule has 0 aliphatic carbocycles. The first-order chi connectivity index (χ1) is 16.1. The van der Waals surface area contributed by atoms with Gasteiger partial charge in [0.1, 0.15) is 0 Å². The van der Waals surface area contributed by atoms with Crippen LogP contribution in [0, 0.1) is 13.8 Å². The normalized spacial score (nSPS) is 15.0. The van der Waals surface area contributed by atoms with Gasteiger partial charge in [0.2, 0.25) is 0 Å². The molecule has 0 fully saturated rings. The molecule has 1 aliphatic rings. The molecule has 1 amide bonds. The van der Waals surface area contributed by atoms with Gasteiger partial charge in [0.15, 0.2) is 0 Å². The molecule has 1 aliphatic heterocycles. The molecule has 4 rings (SSSR count). The SMILES string of the molecule is COC(=O)C1=C(C)N(c2cc(Cl)cc(Cl)c2)C(=O)/C1=C\c1cc(C)n(-c2cccc(Cl)c2)c1C. The van der Waals surface area contributed by atoms with Crippen LogP contribution in [0.2, 0.25) is 15.1 Å². The molecule has 0 spiro atoms. The van der Waals surface area contributed by atoms with Crippen LogP contribution in [0.1, 0.15) is 23.9 Å². The van der Waals surface area contributed by atoms with Gasteiger partial charge in [-0.3, -0.25) is 9.69 Å². The number of rotatable bonds is 4. The molecule has 0 unspecified atom stereocenters. The van der Waals surface area contributed by atoms with Crippen molar-refractivity contribution >= 4 is 58.4 Å². The lowest BCUT2D eigenvalue weighted by Crippen LogP contribution is -2.24. The summed E-state index contributed by atoms with van der Waals surface area (Å²) in [5, 5.41) is 1.38. The van der Waals surface area contributed by atoms with E-state index < -0.39 is 5.97 Å². The molecular weight excluding hydrogens is 495 g/mol. The van der Waals surface area contributed by atoms with E-state index in [9.17, 15) is 9.59 Å². The Labute approximate surface area is 212 Å². The van der Waals surface area contributed by atoms with Gasteiger partial charge in [0.05, 0.1) is 23.9 Å². The zero-order valence-electron chi connectivity index (χ0n) is 18.9. The molecule has 0 saturated carbocycles. The molecule has 2 aromatic carbocycles. The molecule has 0 N–H and O–H groups in total. The largest absolute Gasteiger partial charge is 0.465 e. The topological polar surface area (TPSA) is 51.5 Å². The number of benzene rings is 2. The maximum atomic E-state index is 13.6. The summed E-state index contributed by atoms with van der Waals surface area (Å²) < 4.78 is 7.05. The van der Waals surface area contributed by atoms with Gasteiger partial charge in [0.25, 0.3) is 5.91 Å². The van der Waals surface area contributed by atoms with Gasteiger partial charge < -0.3 is 9.30 Å². The van der Waals surface area contributed by atoms with E-state index in [1.807, 2.05) is 48.7 Å². The van der Waals surface area contributed by atoms with E-state index in [0.29, 0.717) is 26.5 Å². The zero-order valence-corrected chi connectivity index (χ0v) is 21.2. The number of nitrogens with zero attached hydrogens (tertiary/aromatic N) is 2. The minimum Gasteiger partial charge on any atom is -0.465 e. The van der Waals surface area contributed by atoms with Gasteiger partial charge in [0, 0.05) is 37.8 Å². The van der Waals surface area contributed by atoms with Crippen molar-refractivity contribution in [1.29, 1.82) is 0 Å². The van der Waals surface area contributed by atoms with Crippen LogP contribution in [-0.2, 0) is 14.3 Å². The number of aryl methyl sites for hydroxylation is 1. The number of halogens is 3. The Morgan fingerprint density at radius 1 is 0.912 bits per heavy atom. The molecule has 0 atom stereocenters. The van der Waals surface area contributed by atoms with Crippen LogP contribution < -0.4 is 4.90 Å². The van der Waals surface area contributed by atoms with Crippen molar-refractivity contribution in [2.24, 2.45) is 0 Å². The van der Waals surface area contributed by atoms with E-state index >= 15 is 0 Å². The Balaban J connectivity index is 1.87. The summed E-state index contributed by atoms with van der Waals surface area (Å²) in [6.45, 7) is 5.60. The predicted octanol–water partition coefficient (Wildman–Crippen LogP) is 6.93. The van der Waals surface area contributed by atoms with Crippen LogP contribution in [0.15, 0.2) is 65.4 Å². The highest BCUT2D eigenvalue weighted by atomic mass is 35.5. The molecule has 2 heterocycles. The molecule has 8 heteroatoms. The highest BCUT2D eigenvalue weighted by Crippen LogP contribution is 2.38. The van der Waals surface area contributed by atoms with Crippen LogP contribution in [0.3, 0.4) is 0 Å². The third-order valence-corrected chi connectivity index (χ3v) is 6.40. The summed E-state index contributed by atoms with van der Waals surface area (Å²) in [6, 6.07) is 14.3. The van der Waals surface area contributed by atoms with Gasteiger partial charge in [-0.05, 0) is 74.9 Å². The summed E-state index contributed by atoms with van der Waals surface area (Å²) in [4.78, 5) is 27.7. The number of hydrogen-bond acceptors (Lipinski definition) is 3. The van der Waals surface area contributed by atoms with Gasteiger partial charge in [-0.25, -0.2) is 4.79 Å². The molecule has 3 aromatic rings. The summed E-state index contributed by atoms with van der Waals surface area (Å²) in [5.41, 5.74) is 4.87. The first-order valence-electron chi connectivity index (χ1n) is 10.4. The maximum Gasteiger partial charge on any atom is 0.340 e. The fourth-order valence-electron chi connectivity index (χ4n) is 4.26. The van der Waals surface area contributed by atoms with E-state index in [1.54, 1.807) is 31.2 Å². The number of carbonyl (C=O) groups is 2. The van der Waals surface area contributed by atoms with Gasteiger partial charge >= 0.3 is 5.97 Å². The highest BCUT2D eigenvalue weighted by molar-refractivity contribution is 6.35. The molecule has 174 valence electrons. The van der Waals surface area contributed by atoms with Crippen molar-refractivity contribution in [2.75, 3.05) is 12.0 Å². The number of carbonyl (C=O) groups excluding carboxylic acids is 2. The number of hydrogen-bond donors (Lipinski definition) is 0. The standard InChI is InChI=1S/C26H21Cl3N2O3/c1-14-8-17(15(2)30(14)21-7-5-6-18(27)11-21)9-23-24(26(33)34-4)16(3)31(25(23)32)22-12-19(28)10-20(29)13-22/h5-13H,1-4H3/b23-9-. The van der Waals surface area contributed by atoms with Gasteiger partial charge in [-0.1, -0.05) is 40.9 Å². The monoisotopic (exact) mass is 514 g/mol. The Kier molecular flexibility index (Phi) is 6.63. The first-order valence-corrected chi connectivity index (χ1v) is 11.5. The molecule has 0 saturated heterocycles. The number of aromatic nitrogens is 1. The maximum absolute atomic E-state index is 13.6. The number of methoxy groups -OCH3 is 1. The van der Waals surface area contributed by atoms with Crippen molar-refractivity contribution in [2.45, 2.75) is 20.8 Å². The molecule has 1 aromatic heterocycles. The molecule has 0 bridgehead atoms. The lowest BCUT2D eigenvalue weighted by Gasteiger charge is -2.18. The van der Waals surface area contributed by atoms with Crippen molar-refractivity contribution in [3.05, 3.63) is 97.4 Å². The van der Waals surface area contributed by atoms with Crippen molar-refractivity contribution in [3.63, 3.8) is 0 Å². The van der Waals surface area contributed by atoms with E-state index in [0.717, 1.165) is 22.6 Å². The third kappa shape index (κ3) is 4.27. The first kappa shape index (κ1) is 24.1. The number of amides is 1. The molecular formula is C26H21Cl3N2O3. The fraction of sp³-hybridized carbons (Fsp3) is 0.154. The molecule has 34 heavy (non-hydrogen) atoms. The summed E-state index contributed by atoms with van der Waals surface area (Å²) in [5.74, 6) is -0.972. The minimum atomic E-state index is -0.601. The van der Waals surface area contributed by atoms with Crippen molar-refractivity contribution in [1.82, 2.24) is 4.57 Å². The minimum absolute atomic E-state index is 0.191. The summed E-state index contributed by atoms with van der Waals surface area (Å²) in [7, 11) is 1.29. The average molecular weight is 516 g/mol. The van der Waals surface area contributed by atoms with E-state index in [4.69, 9.17) is 39.5 Å². The Bertz CT molecular complexity index is 1380. The van der Waals surface area contributed by atoms with Crippen molar-refractivity contribution < 1.29 is 14.3 Å². The second-order valence-electron chi connectivity index (χ2n) is 7.92. The summed E-state index contributed by atoms with van der Waals surface area (Å²) in [6.07, 6.45) is 1.72. The second kappa shape index (κ2) is 9.34. The van der Waals surface area contributed by atoms with Gasteiger partial charge in [-0.2, -0.15) is 0 Å². The molecule has 5 nitrogen and oxygen atoms in total. The van der Waals surface area contributed by atoms with E-state index in [2.05, 4.69) is 0 Å². The van der Waals surface area contributed by atoms with Crippen molar-refractivity contribution in [3.8, 4) is 5.69 Å². The Hall–Kier alpha value is -2.99. The number of allylic oxidation sites excluding steroid dienone is 1. The lowest BCUT2D eigenvalue weighted by atomic mass is 10.0. The lowest BCUT2D eigenvalue weighted by molar-refractivity contribution is -0.136. The van der Waals surface area contributed by atoms with Crippen LogP contribution in [0.4, 0.5) is 5.69 Å². The smallest absolute Gasteiger partial charge is 0.340 e. The summed E-state index contributed by atoms with van der Waals surface area (Å²) >= 11 is 18.5. The van der Waals surface area contributed by atoms with E-state index in [1.165, 1.54) is 12.0 Å². The van der Waals surface area contributed by atoms with Crippen LogP contribution >= 0.6 is 34.8 Å². The van der Waals surface area contributed by atoms with Crippen LogP contribution in [-0.4, -0.2) is 23.6 Å². The van der Waals surface area contributed by atoms with Gasteiger partial charge in [-0.15, -0.1) is 0 Å². The average Bonchev–Trinajstić information content (AvgIpc) is 3.18. The number of ether oxygens (including phenoxy) is 1. The van der Waals surface area contributed by atoms with Crippen LogP contribution in [0.5, 0.6) is 0 Å². The molecule has 0 radical (unpaired) electrons. The highest BCUT2D eigenvalue weighted by Gasteiger charge is 2.38. The number of esters is 1. The predicted molar refractivity (Wildman–Crippen MR) is 137 cm³/mol. The third-order valence-electron chi connectivity index (χ3n) is 5.73. The number of anilines is 1. The second-order valence-corrected chi connectivity index (χ2v) is 9.23. The quantitative estimate of drug-likeness (QED) is 0.280.